The standard InChI is InChI=1S/C14H20N2O4S/c1-8(12(18)15-9-3-4-9)20-13(19)10-7-21-14(2)6-5-11(17)16(10)14/h8-10H,3-7H2,1-2H3,(H,15,18)/t8-,10+,14+/m1/s1. The van der Waals surface area contributed by atoms with Gasteiger partial charge in [0.15, 0.2) is 6.10 Å². The molecule has 2 amide bonds. The van der Waals surface area contributed by atoms with E-state index < -0.39 is 18.1 Å². The minimum atomic E-state index is -0.812. The molecule has 2 aliphatic heterocycles. The number of amides is 2. The van der Waals surface area contributed by atoms with E-state index in [9.17, 15) is 14.4 Å². The van der Waals surface area contributed by atoms with Crippen molar-refractivity contribution in [1.29, 1.82) is 0 Å². The Morgan fingerprint density at radius 2 is 2.19 bits per heavy atom. The number of rotatable bonds is 4. The minimum Gasteiger partial charge on any atom is -0.451 e. The Morgan fingerprint density at radius 3 is 2.86 bits per heavy atom. The molecule has 3 atom stereocenters. The molecule has 2 saturated heterocycles. The van der Waals surface area contributed by atoms with E-state index in [0.717, 1.165) is 19.3 Å². The fraction of sp³-hybridized carbons (Fsp3) is 0.786. The quantitative estimate of drug-likeness (QED) is 0.772. The monoisotopic (exact) mass is 312 g/mol. The lowest BCUT2D eigenvalue weighted by atomic mass is 10.2. The number of ether oxygens (including phenoxy) is 1. The van der Waals surface area contributed by atoms with Crippen molar-refractivity contribution >= 4 is 29.5 Å². The van der Waals surface area contributed by atoms with Crippen LogP contribution in [0.2, 0.25) is 0 Å². The number of carbonyl (C=O) groups excluding carboxylic acids is 3. The third kappa shape index (κ3) is 2.75. The van der Waals surface area contributed by atoms with E-state index in [1.165, 1.54) is 0 Å². The Morgan fingerprint density at radius 1 is 1.48 bits per heavy atom. The minimum absolute atomic E-state index is 0.000431. The molecule has 0 bridgehead atoms. The first-order chi connectivity index (χ1) is 9.90. The van der Waals surface area contributed by atoms with E-state index in [1.807, 2.05) is 6.92 Å². The number of nitrogens with zero attached hydrogens (tertiary/aromatic N) is 1. The summed E-state index contributed by atoms with van der Waals surface area (Å²) in [4.78, 5) is 37.4. The molecule has 3 rings (SSSR count). The summed E-state index contributed by atoms with van der Waals surface area (Å²) < 4.78 is 5.27. The topological polar surface area (TPSA) is 75.7 Å². The summed E-state index contributed by atoms with van der Waals surface area (Å²) >= 11 is 1.62. The molecule has 0 aromatic carbocycles. The highest BCUT2D eigenvalue weighted by molar-refractivity contribution is 8.01. The second-order valence-electron chi connectivity index (χ2n) is 6.13. The molecular formula is C14H20N2O4S. The highest BCUT2D eigenvalue weighted by Gasteiger charge is 2.53. The van der Waals surface area contributed by atoms with Gasteiger partial charge in [0.2, 0.25) is 5.91 Å². The van der Waals surface area contributed by atoms with Crippen molar-refractivity contribution in [3.05, 3.63) is 0 Å². The van der Waals surface area contributed by atoms with E-state index in [1.54, 1.807) is 23.6 Å². The number of nitrogens with one attached hydrogen (secondary N) is 1. The molecule has 2 heterocycles. The van der Waals surface area contributed by atoms with Crippen LogP contribution in [0.5, 0.6) is 0 Å². The van der Waals surface area contributed by atoms with Gasteiger partial charge in [-0.05, 0) is 33.1 Å². The summed E-state index contributed by atoms with van der Waals surface area (Å²) in [5.41, 5.74) is 0. The lowest BCUT2D eigenvalue weighted by Crippen LogP contribution is -2.48. The highest BCUT2D eigenvalue weighted by Crippen LogP contribution is 2.47. The number of thioether (sulfide) groups is 1. The van der Waals surface area contributed by atoms with Gasteiger partial charge in [0.05, 0.1) is 4.87 Å². The molecule has 0 aromatic heterocycles. The Balaban J connectivity index is 1.60. The fourth-order valence-corrected chi connectivity index (χ4v) is 4.26. The summed E-state index contributed by atoms with van der Waals surface area (Å²) in [5, 5.41) is 2.81. The summed E-state index contributed by atoms with van der Waals surface area (Å²) in [6.45, 7) is 3.56. The van der Waals surface area contributed by atoms with Crippen LogP contribution in [-0.2, 0) is 19.1 Å². The molecule has 0 radical (unpaired) electrons. The van der Waals surface area contributed by atoms with Crippen molar-refractivity contribution in [2.75, 3.05) is 5.75 Å². The van der Waals surface area contributed by atoms with E-state index in [4.69, 9.17) is 4.74 Å². The average Bonchev–Trinajstić information content (AvgIpc) is 3.09. The fourth-order valence-electron chi connectivity index (χ4n) is 2.85. The molecule has 7 heteroatoms. The van der Waals surface area contributed by atoms with Gasteiger partial charge in [-0.15, -0.1) is 11.8 Å². The van der Waals surface area contributed by atoms with E-state index >= 15 is 0 Å². The van der Waals surface area contributed by atoms with Gasteiger partial charge in [-0.25, -0.2) is 4.79 Å². The number of fused-ring (bicyclic) bond motifs is 1. The molecule has 0 spiro atoms. The van der Waals surface area contributed by atoms with Gasteiger partial charge in [-0.2, -0.15) is 0 Å². The Kier molecular flexibility index (Phi) is 3.63. The largest absolute Gasteiger partial charge is 0.451 e. The van der Waals surface area contributed by atoms with Crippen LogP contribution >= 0.6 is 11.8 Å². The third-order valence-electron chi connectivity index (χ3n) is 4.30. The van der Waals surface area contributed by atoms with Crippen molar-refractivity contribution in [2.45, 2.75) is 62.6 Å². The molecule has 3 aliphatic rings. The second kappa shape index (κ2) is 5.19. The summed E-state index contributed by atoms with van der Waals surface area (Å²) in [6.07, 6.45) is 2.41. The lowest BCUT2D eigenvalue weighted by Gasteiger charge is -2.29. The Labute approximate surface area is 127 Å². The summed E-state index contributed by atoms with van der Waals surface area (Å²) in [5.74, 6) is -0.190. The zero-order valence-electron chi connectivity index (χ0n) is 12.3. The highest BCUT2D eigenvalue weighted by atomic mass is 32.2. The number of esters is 1. The maximum absolute atomic E-state index is 12.3. The molecule has 0 unspecified atom stereocenters. The predicted molar refractivity (Wildman–Crippen MR) is 77.4 cm³/mol. The Hall–Kier alpha value is -1.24. The lowest BCUT2D eigenvalue weighted by molar-refractivity contribution is -0.161. The predicted octanol–water partition coefficient (Wildman–Crippen LogP) is 0.651. The van der Waals surface area contributed by atoms with E-state index in [0.29, 0.717) is 12.2 Å². The molecule has 0 aromatic rings. The van der Waals surface area contributed by atoms with Gasteiger partial charge in [-0.1, -0.05) is 0 Å². The molecular weight excluding hydrogens is 292 g/mol. The summed E-state index contributed by atoms with van der Waals surface area (Å²) in [6, 6.07) is -0.324. The van der Waals surface area contributed by atoms with Crippen molar-refractivity contribution in [3.8, 4) is 0 Å². The SMILES string of the molecule is C[C@@H](OC(=O)[C@@H]1CS[C@@]2(C)CCC(=O)N12)C(=O)NC1CC1. The molecule has 1 saturated carbocycles. The van der Waals surface area contributed by atoms with E-state index in [2.05, 4.69) is 5.32 Å². The van der Waals surface area contributed by atoms with Crippen molar-refractivity contribution in [1.82, 2.24) is 10.2 Å². The van der Waals surface area contributed by atoms with Crippen LogP contribution in [0.25, 0.3) is 0 Å². The first-order valence-electron chi connectivity index (χ1n) is 7.38. The first-order valence-corrected chi connectivity index (χ1v) is 8.36. The zero-order valence-corrected chi connectivity index (χ0v) is 13.1. The van der Waals surface area contributed by atoms with E-state index in [-0.39, 0.29) is 22.7 Å². The van der Waals surface area contributed by atoms with Crippen LogP contribution in [0.4, 0.5) is 0 Å². The molecule has 1 N–H and O–H groups in total. The van der Waals surface area contributed by atoms with Crippen LogP contribution in [0.15, 0.2) is 0 Å². The van der Waals surface area contributed by atoms with Crippen LogP contribution in [0, 0.1) is 0 Å². The third-order valence-corrected chi connectivity index (χ3v) is 5.81. The molecule has 3 fully saturated rings. The second-order valence-corrected chi connectivity index (χ2v) is 7.63. The van der Waals surface area contributed by atoms with Gasteiger partial charge in [0.1, 0.15) is 6.04 Å². The number of carbonyl (C=O) groups is 3. The number of hydrogen-bond donors (Lipinski definition) is 1. The van der Waals surface area contributed by atoms with Gasteiger partial charge >= 0.3 is 5.97 Å². The maximum atomic E-state index is 12.3. The molecule has 1 aliphatic carbocycles. The zero-order chi connectivity index (χ0) is 15.2. The maximum Gasteiger partial charge on any atom is 0.330 e. The molecule has 6 nitrogen and oxygen atoms in total. The van der Waals surface area contributed by atoms with Gasteiger partial charge in [-0.3, -0.25) is 9.59 Å². The van der Waals surface area contributed by atoms with Crippen LogP contribution in [-0.4, -0.2) is 51.5 Å². The van der Waals surface area contributed by atoms with Crippen molar-refractivity contribution < 1.29 is 19.1 Å². The van der Waals surface area contributed by atoms with Crippen LogP contribution < -0.4 is 5.32 Å². The van der Waals surface area contributed by atoms with Crippen molar-refractivity contribution in [3.63, 3.8) is 0 Å². The van der Waals surface area contributed by atoms with Gasteiger partial charge in [0.25, 0.3) is 5.91 Å². The normalized spacial score (nSPS) is 32.8. The first kappa shape index (κ1) is 14.7. The van der Waals surface area contributed by atoms with Crippen LogP contribution in [0.3, 0.4) is 0 Å². The van der Waals surface area contributed by atoms with Crippen LogP contribution in [0.1, 0.15) is 39.5 Å². The Bertz CT molecular complexity index is 493. The van der Waals surface area contributed by atoms with Gasteiger partial charge in [0, 0.05) is 18.2 Å². The average molecular weight is 312 g/mol. The number of hydrogen-bond acceptors (Lipinski definition) is 5. The summed E-state index contributed by atoms with van der Waals surface area (Å²) in [7, 11) is 0. The molecule has 116 valence electrons. The van der Waals surface area contributed by atoms with Gasteiger partial charge < -0.3 is 15.0 Å². The van der Waals surface area contributed by atoms with Crippen molar-refractivity contribution in [2.24, 2.45) is 0 Å². The smallest absolute Gasteiger partial charge is 0.330 e. The molecule has 21 heavy (non-hydrogen) atoms.